The van der Waals surface area contributed by atoms with Crippen molar-refractivity contribution in [3.63, 3.8) is 0 Å². The van der Waals surface area contributed by atoms with E-state index in [1.807, 2.05) is 0 Å². The third kappa shape index (κ3) is 6.05. The maximum atomic E-state index is 13.0. The Labute approximate surface area is 215 Å². The largest absolute Gasteiger partial charge is 0.492 e. The van der Waals surface area contributed by atoms with E-state index in [-0.39, 0.29) is 39.4 Å². The Morgan fingerprint density at radius 3 is 1.70 bits per heavy atom. The topological polar surface area (TPSA) is 133 Å². The van der Waals surface area contributed by atoms with E-state index in [9.17, 15) is 26.7 Å². The van der Waals surface area contributed by atoms with Gasteiger partial charge in [-0.05, 0) is 63.8 Å². The molecule has 4 rings (SSSR count). The highest BCUT2D eigenvalue weighted by Crippen LogP contribution is 2.42. The summed E-state index contributed by atoms with van der Waals surface area (Å²) < 4.78 is 68.3. The molecule has 0 radical (unpaired) electrons. The van der Waals surface area contributed by atoms with Crippen LogP contribution in [0.3, 0.4) is 0 Å². The molecule has 3 aromatic rings. The number of aryl methyl sites for hydroxylation is 2. The standard InChI is InChI=1S/C26H26O9S2/c1-16-4-10-20(11-5-16)36(29,30)34-22-14-23(35-37(31,32)21-12-6-17(2)7-13-21)24(26(27)28)25(18(22)3)33-15-19-8-9-19/h4-7,10-14,19H,8-9,15H2,1-3H3,(H,27,28). The van der Waals surface area contributed by atoms with Crippen LogP contribution in [0.5, 0.6) is 17.2 Å². The highest BCUT2D eigenvalue weighted by atomic mass is 32.2. The lowest BCUT2D eigenvalue weighted by molar-refractivity contribution is 0.0689. The van der Waals surface area contributed by atoms with Crippen molar-refractivity contribution in [2.24, 2.45) is 5.92 Å². The van der Waals surface area contributed by atoms with E-state index >= 15 is 0 Å². The number of carbonyl (C=O) groups is 1. The molecule has 1 N–H and O–H groups in total. The molecule has 1 saturated carbocycles. The quantitative estimate of drug-likeness (QED) is 0.361. The molecule has 37 heavy (non-hydrogen) atoms. The zero-order chi connectivity index (χ0) is 27.0. The van der Waals surface area contributed by atoms with Crippen molar-refractivity contribution in [2.75, 3.05) is 6.61 Å². The fourth-order valence-corrected chi connectivity index (χ4v) is 5.38. The summed E-state index contributed by atoms with van der Waals surface area (Å²) in [5.41, 5.74) is 1.18. The van der Waals surface area contributed by atoms with Crippen LogP contribution in [0.2, 0.25) is 0 Å². The molecule has 0 atom stereocenters. The minimum Gasteiger partial charge on any atom is -0.492 e. The molecule has 0 heterocycles. The van der Waals surface area contributed by atoms with E-state index in [4.69, 9.17) is 13.1 Å². The van der Waals surface area contributed by atoms with E-state index in [1.54, 1.807) is 38.1 Å². The fourth-order valence-electron chi connectivity index (χ4n) is 3.47. The van der Waals surface area contributed by atoms with Gasteiger partial charge in [0.2, 0.25) is 0 Å². The van der Waals surface area contributed by atoms with Gasteiger partial charge in [0, 0.05) is 11.6 Å². The lowest BCUT2D eigenvalue weighted by atomic mass is 10.1. The molecule has 11 heteroatoms. The third-order valence-corrected chi connectivity index (χ3v) is 8.34. The van der Waals surface area contributed by atoms with Gasteiger partial charge in [-0.15, -0.1) is 0 Å². The monoisotopic (exact) mass is 546 g/mol. The van der Waals surface area contributed by atoms with Crippen LogP contribution >= 0.6 is 0 Å². The predicted octanol–water partition coefficient (Wildman–Crippen LogP) is 4.63. The normalized spacial score (nSPS) is 13.7. The van der Waals surface area contributed by atoms with Crippen LogP contribution in [0.15, 0.2) is 64.4 Å². The Bertz CT molecular complexity index is 1540. The molecule has 0 saturated heterocycles. The second-order valence-corrected chi connectivity index (χ2v) is 12.1. The first-order valence-electron chi connectivity index (χ1n) is 11.4. The van der Waals surface area contributed by atoms with E-state index < -0.39 is 37.5 Å². The van der Waals surface area contributed by atoms with E-state index in [2.05, 4.69) is 0 Å². The molecule has 1 fully saturated rings. The van der Waals surface area contributed by atoms with Gasteiger partial charge in [-0.25, -0.2) is 4.79 Å². The molecule has 0 bridgehead atoms. The van der Waals surface area contributed by atoms with E-state index in [1.165, 1.54) is 31.2 Å². The summed E-state index contributed by atoms with van der Waals surface area (Å²) in [6, 6.07) is 12.7. The van der Waals surface area contributed by atoms with Crippen molar-refractivity contribution in [1.82, 2.24) is 0 Å². The minimum atomic E-state index is -4.48. The van der Waals surface area contributed by atoms with Gasteiger partial charge in [0.1, 0.15) is 21.1 Å². The van der Waals surface area contributed by atoms with Gasteiger partial charge >= 0.3 is 26.2 Å². The van der Waals surface area contributed by atoms with Gasteiger partial charge in [0.15, 0.2) is 11.5 Å². The van der Waals surface area contributed by atoms with Gasteiger partial charge in [0.05, 0.1) is 6.61 Å². The van der Waals surface area contributed by atoms with Crippen molar-refractivity contribution in [1.29, 1.82) is 0 Å². The summed E-state index contributed by atoms with van der Waals surface area (Å²) in [5.74, 6) is -2.44. The van der Waals surface area contributed by atoms with Gasteiger partial charge in [-0.1, -0.05) is 35.4 Å². The van der Waals surface area contributed by atoms with Crippen molar-refractivity contribution in [3.05, 3.63) is 76.9 Å². The maximum absolute atomic E-state index is 13.0. The predicted molar refractivity (Wildman–Crippen MR) is 134 cm³/mol. The lowest BCUT2D eigenvalue weighted by Crippen LogP contribution is -2.16. The molecule has 0 aromatic heterocycles. The molecule has 9 nitrogen and oxygen atoms in total. The van der Waals surface area contributed by atoms with Crippen LogP contribution in [0, 0.1) is 26.7 Å². The second kappa shape index (κ2) is 10.1. The molecule has 0 amide bonds. The maximum Gasteiger partial charge on any atom is 0.343 e. The van der Waals surface area contributed by atoms with Crippen LogP contribution in [-0.2, 0) is 20.2 Å². The van der Waals surface area contributed by atoms with Crippen molar-refractivity contribution in [2.45, 2.75) is 43.4 Å². The summed E-state index contributed by atoms with van der Waals surface area (Å²) in [7, 11) is -8.82. The molecular weight excluding hydrogens is 520 g/mol. The van der Waals surface area contributed by atoms with Gasteiger partial charge in [-0.2, -0.15) is 16.8 Å². The highest BCUT2D eigenvalue weighted by Gasteiger charge is 2.31. The number of hydrogen-bond donors (Lipinski definition) is 1. The summed E-state index contributed by atoms with van der Waals surface area (Å²) in [6.45, 7) is 5.20. The Morgan fingerprint density at radius 2 is 1.27 bits per heavy atom. The summed E-state index contributed by atoms with van der Waals surface area (Å²) in [4.78, 5) is 11.9. The zero-order valence-electron chi connectivity index (χ0n) is 20.4. The average molecular weight is 547 g/mol. The Hall–Kier alpha value is -3.57. The van der Waals surface area contributed by atoms with Gasteiger partial charge < -0.3 is 18.2 Å². The van der Waals surface area contributed by atoms with Crippen LogP contribution < -0.4 is 13.1 Å². The number of carboxylic acid groups (broad SMARTS) is 1. The molecular formula is C26H26O9S2. The molecule has 0 spiro atoms. The molecule has 196 valence electrons. The van der Waals surface area contributed by atoms with Crippen LogP contribution in [0.1, 0.15) is 39.9 Å². The molecule has 3 aromatic carbocycles. The Morgan fingerprint density at radius 1 is 0.811 bits per heavy atom. The molecule has 0 unspecified atom stereocenters. The fraction of sp³-hybridized carbons (Fsp3) is 0.269. The van der Waals surface area contributed by atoms with E-state index in [0.29, 0.717) is 0 Å². The Kier molecular flexibility index (Phi) is 7.20. The number of benzene rings is 3. The van der Waals surface area contributed by atoms with Crippen molar-refractivity contribution < 1.29 is 39.8 Å². The number of carboxylic acids is 1. The first-order chi connectivity index (χ1) is 17.4. The number of aromatic carboxylic acids is 1. The van der Waals surface area contributed by atoms with Crippen molar-refractivity contribution >= 4 is 26.2 Å². The summed E-state index contributed by atoms with van der Waals surface area (Å²) in [5, 5.41) is 9.97. The van der Waals surface area contributed by atoms with Crippen LogP contribution in [0.4, 0.5) is 0 Å². The zero-order valence-corrected chi connectivity index (χ0v) is 22.1. The van der Waals surface area contributed by atoms with E-state index in [0.717, 1.165) is 30.0 Å². The minimum absolute atomic E-state index is 0.0776. The van der Waals surface area contributed by atoms with Crippen LogP contribution in [0.25, 0.3) is 0 Å². The summed E-state index contributed by atoms with van der Waals surface area (Å²) >= 11 is 0. The van der Waals surface area contributed by atoms with Crippen LogP contribution in [-0.4, -0.2) is 34.5 Å². The second-order valence-electron chi connectivity index (χ2n) is 8.96. The summed E-state index contributed by atoms with van der Waals surface area (Å²) in [6.07, 6.45) is 1.81. The SMILES string of the molecule is Cc1ccc(S(=O)(=O)Oc2cc(OS(=O)(=O)c3ccc(C)cc3)c(C(=O)O)c(OCC3CC3)c2C)cc1. The number of ether oxygens (including phenoxy) is 1. The molecule has 1 aliphatic carbocycles. The molecule has 1 aliphatic rings. The smallest absolute Gasteiger partial charge is 0.343 e. The Balaban J connectivity index is 1.82. The number of hydrogen-bond acceptors (Lipinski definition) is 8. The third-order valence-electron chi connectivity index (χ3n) is 5.84. The average Bonchev–Trinajstić information content (AvgIpc) is 3.64. The van der Waals surface area contributed by atoms with Gasteiger partial charge in [-0.3, -0.25) is 0 Å². The first-order valence-corrected chi connectivity index (χ1v) is 14.2. The first kappa shape index (κ1) is 26.5. The molecule has 0 aliphatic heterocycles. The van der Waals surface area contributed by atoms with Gasteiger partial charge in [0.25, 0.3) is 0 Å². The lowest BCUT2D eigenvalue weighted by Gasteiger charge is -2.19. The number of rotatable bonds is 10. The van der Waals surface area contributed by atoms with Crippen molar-refractivity contribution in [3.8, 4) is 17.2 Å². The highest BCUT2D eigenvalue weighted by molar-refractivity contribution is 7.87.